The quantitative estimate of drug-likeness (QED) is 0.846. The Kier molecular flexibility index (Phi) is 4.42. The molecular formula is C18H34N2. The molecule has 0 spiro atoms. The van der Waals surface area contributed by atoms with Crippen molar-refractivity contribution >= 4 is 0 Å². The van der Waals surface area contributed by atoms with Crippen molar-refractivity contribution in [2.75, 3.05) is 13.1 Å². The highest BCUT2D eigenvalue weighted by Gasteiger charge is 2.46. The minimum Gasteiger partial charge on any atom is -0.311 e. The molecular weight excluding hydrogens is 244 g/mol. The van der Waals surface area contributed by atoms with Gasteiger partial charge in [0.1, 0.15) is 0 Å². The highest BCUT2D eigenvalue weighted by atomic mass is 15.3. The van der Waals surface area contributed by atoms with E-state index in [0.717, 1.165) is 35.8 Å². The molecule has 2 saturated carbocycles. The number of hydrogen-bond donors (Lipinski definition) is 1. The Morgan fingerprint density at radius 1 is 1.15 bits per heavy atom. The van der Waals surface area contributed by atoms with Crippen LogP contribution in [0.2, 0.25) is 0 Å². The van der Waals surface area contributed by atoms with Gasteiger partial charge in [-0.05, 0) is 42.9 Å². The number of hydrogen-bond acceptors (Lipinski definition) is 2. The highest BCUT2D eigenvalue weighted by molar-refractivity contribution is 5.01. The number of fused-ring (bicyclic) bond motifs is 2. The first kappa shape index (κ1) is 14.8. The van der Waals surface area contributed by atoms with Gasteiger partial charge in [0.25, 0.3) is 0 Å². The van der Waals surface area contributed by atoms with Gasteiger partial charge in [-0.15, -0.1) is 0 Å². The first-order valence-electron chi connectivity index (χ1n) is 9.09. The van der Waals surface area contributed by atoms with E-state index < -0.39 is 0 Å². The lowest BCUT2D eigenvalue weighted by atomic mass is 9.86. The van der Waals surface area contributed by atoms with Crippen LogP contribution in [0.25, 0.3) is 0 Å². The van der Waals surface area contributed by atoms with E-state index in [2.05, 4.69) is 37.9 Å². The summed E-state index contributed by atoms with van der Waals surface area (Å²) >= 11 is 0. The molecule has 3 rings (SSSR count). The molecule has 0 aromatic rings. The van der Waals surface area contributed by atoms with Crippen molar-refractivity contribution in [3.05, 3.63) is 0 Å². The fraction of sp³-hybridized carbons (Fsp3) is 1.00. The summed E-state index contributed by atoms with van der Waals surface area (Å²) in [6.07, 6.45) is 7.37. The second-order valence-corrected chi connectivity index (χ2v) is 8.15. The van der Waals surface area contributed by atoms with Crippen LogP contribution in [-0.4, -0.2) is 36.1 Å². The summed E-state index contributed by atoms with van der Waals surface area (Å²) in [7, 11) is 0. The Labute approximate surface area is 125 Å². The molecule has 2 nitrogen and oxygen atoms in total. The lowest BCUT2D eigenvalue weighted by molar-refractivity contribution is 0.0215. The molecule has 2 heteroatoms. The molecule has 2 aliphatic carbocycles. The van der Waals surface area contributed by atoms with Gasteiger partial charge in [0, 0.05) is 31.2 Å². The largest absolute Gasteiger partial charge is 0.311 e. The van der Waals surface area contributed by atoms with Crippen molar-refractivity contribution in [3.8, 4) is 0 Å². The minimum atomic E-state index is 0.717. The lowest BCUT2D eigenvalue weighted by Crippen LogP contribution is -2.63. The molecule has 20 heavy (non-hydrogen) atoms. The van der Waals surface area contributed by atoms with Gasteiger partial charge in [-0.2, -0.15) is 0 Å². The maximum absolute atomic E-state index is 3.86. The first-order valence-corrected chi connectivity index (χ1v) is 9.09. The Hall–Kier alpha value is -0.0800. The molecule has 3 aliphatic rings. The second kappa shape index (κ2) is 5.96. The van der Waals surface area contributed by atoms with Crippen LogP contribution < -0.4 is 5.32 Å². The Morgan fingerprint density at radius 2 is 1.95 bits per heavy atom. The molecule has 2 bridgehead atoms. The monoisotopic (exact) mass is 278 g/mol. The predicted molar refractivity (Wildman–Crippen MR) is 85.8 cm³/mol. The standard InChI is InChI=1S/C18H34N2/c1-5-13(4)16-11-20(18(10-19-16)12(2)3)17-9-14-6-7-15(17)8-14/h12-19H,5-11H2,1-4H3. The average Bonchev–Trinajstić information content (AvgIpc) is 3.08. The number of nitrogens with zero attached hydrogens (tertiary/aromatic N) is 1. The maximum Gasteiger partial charge on any atom is 0.0247 e. The SMILES string of the molecule is CCC(C)C1CN(C2CC3CCC2C3)C(C(C)C)CN1. The minimum absolute atomic E-state index is 0.717. The van der Waals surface area contributed by atoms with Gasteiger partial charge >= 0.3 is 0 Å². The van der Waals surface area contributed by atoms with E-state index >= 15 is 0 Å². The summed E-state index contributed by atoms with van der Waals surface area (Å²) in [5.74, 6) is 3.68. The molecule has 0 aromatic heterocycles. The predicted octanol–water partition coefficient (Wildman–Crippen LogP) is 3.52. The molecule has 0 aromatic carbocycles. The second-order valence-electron chi connectivity index (χ2n) is 8.15. The molecule has 3 fully saturated rings. The summed E-state index contributed by atoms with van der Waals surface area (Å²) in [5.41, 5.74) is 0. The van der Waals surface area contributed by atoms with Crippen LogP contribution in [-0.2, 0) is 0 Å². The lowest BCUT2D eigenvalue weighted by Gasteiger charge is -2.49. The Balaban J connectivity index is 1.72. The van der Waals surface area contributed by atoms with Crippen LogP contribution in [0.4, 0.5) is 0 Å². The maximum atomic E-state index is 3.86. The van der Waals surface area contributed by atoms with Gasteiger partial charge < -0.3 is 5.32 Å². The van der Waals surface area contributed by atoms with Crippen LogP contribution in [0.1, 0.15) is 59.8 Å². The van der Waals surface area contributed by atoms with E-state index in [1.807, 2.05) is 0 Å². The number of rotatable bonds is 4. The zero-order valence-corrected chi connectivity index (χ0v) is 13.9. The number of nitrogens with one attached hydrogen (secondary N) is 1. The first-order chi connectivity index (χ1) is 9.60. The fourth-order valence-electron chi connectivity index (χ4n) is 5.10. The van der Waals surface area contributed by atoms with E-state index in [-0.39, 0.29) is 0 Å². The molecule has 0 amide bonds. The van der Waals surface area contributed by atoms with Crippen LogP contribution >= 0.6 is 0 Å². The van der Waals surface area contributed by atoms with Crippen molar-refractivity contribution in [3.63, 3.8) is 0 Å². The Morgan fingerprint density at radius 3 is 2.50 bits per heavy atom. The third kappa shape index (κ3) is 2.66. The number of piperazine rings is 1. The van der Waals surface area contributed by atoms with Gasteiger partial charge in [-0.3, -0.25) is 4.90 Å². The summed E-state index contributed by atoms with van der Waals surface area (Å²) in [6, 6.07) is 2.39. The molecule has 1 saturated heterocycles. The van der Waals surface area contributed by atoms with Gasteiger partial charge in [0.15, 0.2) is 0 Å². The highest BCUT2D eigenvalue weighted by Crippen LogP contribution is 2.47. The van der Waals surface area contributed by atoms with Crippen LogP contribution in [0.15, 0.2) is 0 Å². The normalized spacial score (nSPS) is 43.4. The molecule has 116 valence electrons. The topological polar surface area (TPSA) is 15.3 Å². The van der Waals surface area contributed by atoms with Crippen molar-refractivity contribution < 1.29 is 0 Å². The van der Waals surface area contributed by atoms with Crippen LogP contribution in [0, 0.1) is 23.7 Å². The molecule has 0 radical (unpaired) electrons. The van der Waals surface area contributed by atoms with E-state index in [0.29, 0.717) is 6.04 Å². The van der Waals surface area contributed by atoms with E-state index in [9.17, 15) is 0 Å². The third-order valence-corrected chi connectivity index (χ3v) is 6.65. The molecule has 6 unspecified atom stereocenters. The summed E-state index contributed by atoms with van der Waals surface area (Å²) in [4.78, 5) is 2.95. The summed E-state index contributed by atoms with van der Waals surface area (Å²) in [6.45, 7) is 12.1. The van der Waals surface area contributed by atoms with Gasteiger partial charge in [0.05, 0.1) is 0 Å². The van der Waals surface area contributed by atoms with Crippen molar-refractivity contribution in [1.29, 1.82) is 0 Å². The molecule has 1 N–H and O–H groups in total. The molecule has 1 heterocycles. The fourth-order valence-corrected chi connectivity index (χ4v) is 5.10. The van der Waals surface area contributed by atoms with E-state index in [4.69, 9.17) is 0 Å². The average molecular weight is 278 g/mol. The van der Waals surface area contributed by atoms with E-state index in [1.165, 1.54) is 45.2 Å². The third-order valence-electron chi connectivity index (χ3n) is 6.65. The van der Waals surface area contributed by atoms with Crippen molar-refractivity contribution in [1.82, 2.24) is 10.2 Å². The van der Waals surface area contributed by atoms with E-state index in [1.54, 1.807) is 0 Å². The zero-order chi connectivity index (χ0) is 14.3. The molecule has 1 aliphatic heterocycles. The van der Waals surface area contributed by atoms with Crippen LogP contribution in [0.3, 0.4) is 0 Å². The summed E-state index contributed by atoms with van der Waals surface area (Å²) < 4.78 is 0. The van der Waals surface area contributed by atoms with Crippen molar-refractivity contribution in [2.24, 2.45) is 23.7 Å². The summed E-state index contributed by atoms with van der Waals surface area (Å²) in [5, 5.41) is 3.86. The van der Waals surface area contributed by atoms with Crippen LogP contribution in [0.5, 0.6) is 0 Å². The smallest absolute Gasteiger partial charge is 0.0247 e. The zero-order valence-electron chi connectivity index (χ0n) is 13.9. The van der Waals surface area contributed by atoms with Gasteiger partial charge in [-0.1, -0.05) is 40.5 Å². The molecule has 6 atom stereocenters. The van der Waals surface area contributed by atoms with Gasteiger partial charge in [0.2, 0.25) is 0 Å². The Bertz CT molecular complexity index is 327. The van der Waals surface area contributed by atoms with Gasteiger partial charge in [-0.25, -0.2) is 0 Å². The van der Waals surface area contributed by atoms with Crippen molar-refractivity contribution in [2.45, 2.75) is 77.9 Å².